The first-order chi connectivity index (χ1) is 9.10. The standard InChI is InChI=1S/C14H19N3O2/c1-10-6-14(19)17(8-10)9-12-5-3-2-4-11(12)7-13(18)16-15/h2-5,10H,6-9,15H2,1H3,(H,16,18). The molecule has 1 aliphatic rings. The van der Waals surface area contributed by atoms with Crippen LogP contribution in [0.3, 0.4) is 0 Å². The van der Waals surface area contributed by atoms with E-state index in [4.69, 9.17) is 5.84 Å². The third-order valence-corrected chi connectivity index (χ3v) is 3.40. The summed E-state index contributed by atoms with van der Waals surface area (Å²) in [6, 6.07) is 7.66. The first-order valence-corrected chi connectivity index (χ1v) is 6.44. The molecule has 0 bridgehead atoms. The van der Waals surface area contributed by atoms with Gasteiger partial charge in [0.05, 0.1) is 6.42 Å². The predicted molar refractivity (Wildman–Crippen MR) is 71.7 cm³/mol. The number of rotatable bonds is 4. The van der Waals surface area contributed by atoms with E-state index in [0.717, 1.165) is 17.7 Å². The van der Waals surface area contributed by atoms with Crippen molar-refractivity contribution in [3.05, 3.63) is 35.4 Å². The summed E-state index contributed by atoms with van der Waals surface area (Å²) < 4.78 is 0. The van der Waals surface area contributed by atoms with Crippen LogP contribution in [-0.4, -0.2) is 23.3 Å². The highest BCUT2D eigenvalue weighted by molar-refractivity contribution is 5.79. The number of carbonyl (C=O) groups is 2. The number of benzene rings is 1. The van der Waals surface area contributed by atoms with E-state index < -0.39 is 0 Å². The van der Waals surface area contributed by atoms with Crippen LogP contribution in [-0.2, 0) is 22.6 Å². The molecule has 0 aromatic heterocycles. The van der Waals surface area contributed by atoms with Crippen LogP contribution < -0.4 is 11.3 Å². The molecule has 1 fully saturated rings. The van der Waals surface area contributed by atoms with Crippen molar-refractivity contribution in [2.75, 3.05) is 6.54 Å². The van der Waals surface area contributed by atoms with Crippen molar-refractivity contribution in [2.45, 2.75) is 26.3 Å². The number of likely N-dealkylation sites (tertiary alicyclic amines) is 1. The quantitative estimate of drug-likeness (QED) is 0.473. The molecule has 0 saturated carbocycles. The molecule has 1 saturated heterocycles. The normalized spacial score (nSPS) is 18.7. The molecule has 3 N–H and O–H groups in total. The van der Waals surface area contributed by atoms with Gasteiger partial charge in [0.2, 0.25) is 11.8 Å². The first kappa shape index (κ1) is 13.5. The van der Waals surface area contributed by atoms with Crippen LogP contribution in [0, 0.1) is 5.92 Å². The minimum atomic E-state index is -0.228. The zero-order valence-corrected chi connectivity index (χ0v) is 11.1. The van der Waals surface area contributed by atoms with Crippen LogP contribution in [0.4, 0.5) is 0 Å². The summed E-state index contributed by atoms with van der Waals surface area (Å²) in [6.45, 7) is 3.43. The average Bonchev–Trinajstić information content (AvgIpc) is 2.70. The van der Waals surface area contributed by atoms with Crippen LogP contribution in [0.1, 0.15) is 24.5 Å². The number of nitrogens with two attached hydrogens (primary N) is 1. The number of amides is 2. The van der Waals surface area contributed by atoms with Crippen molar-refractivity contribution >= 4 is 11.8 Å². The van der Waals surface area contributed by atoms with E-state index in [1.54, 1.807) is 0 Å². The Bertz CT molecular complexity index is 487. The number of carbonyl (C=O) groups excluding carboxylic acids is 2. The third-order valence-electron chi connectivity index (χ3n) is 3.40. The van der Waals surface area contributed by atoms with E-state index in [-0.39, 0.29) is 18.2 Å². The van der Waals surface area contributed by atoms with E-state index in [9.17, 15) is 9.59 Å². The first-order valence-electron chi connectivity index (χ1n) is 6.44. The Morgan fingerprint density at radius 2 is 2.11 bits per heavy atom. The van der Waals surface area contributed by atoms with E-state index in [1.165, 1.54) is 0 Å². The Labute approximate surface area is 112 Å². The molecule has 5 heteroatoms. The largest absolute Gasteiger partial charge is 0.338 e. The van der Waals surface area contributed by atoms with Crippen molar-refractivity contribution in [3.8, 4) is 0 Å². The third kappa shape index (κ3) is 3.32. The monoisotopic (exact) mass is 261 g/mol. The second-order valence-corrected chi connectivity index (χ2v) is 5.10. The molecule has 19 heavy (non-hydrogen) atoms. The van der Waals surface area contributed by atoms with E-state index in [1.807, 2.05) is 29.2 Å². The molecule has 1 aromatic carbocycles. The number of nitrogens with one attached hydrogen (secondary N) is 1. The maximum atomic E-state index is 11.8. The van der Waals surface area contributed by atoms with Gasteiger partial charge in [-0.3, -0.25) is 15.0 Å². The van der Waals surface area contributed by atoms with Crippen molar-refractivity contribution in [1.82, 2.24) is 10.3 Å². The van der Waals surface area contributed by atoms with Gasteiger partial charge in [-0.15, -0.1) is 0 Å². The Balaban J connectivity index is 2.11. The summed E-state index contributed by atoms with van der Waals surface area (Å²) in [5.41, 5.74) is 4.05. The SMILES string of the molecule is CC1CC(=O)N(Cc2ccccc2CC(=O)NN)C1. The van der Waals surface area contributed by atoms with Gasteiger partial charge in [0, 0.05) is 19.5 Å². The number of nitrogens with zero attached hydrogens (tertiary/aromatic N) is 1. The Morgan fingerprint density at radius 1 is 1.42 bits per heavy atom. The Morgan fingerprint density at radius 3 is 2.68 bits per heavy atom. The maximum absolute atomic E-state index is 11.8. The summed E-state index contributed by atoms with van der Waals surface area (Å²) in [5, 5.41) is 0. The molecule has 0 aliphatic carbocycles. The summed E-state index contributed by atoms with van der Waals surface area (Å²) in [5.74, 6) is 5.48. The van der Waals surface area contributed by atoms with Gasteiger partial charge >= 0.3 is 0 Å². The molecule has 1 aliphatic heterocycles. The van der Waals surface area contributed by atoms with Crippen molar-refractivity contribution in [2.24, 2.45) is 11.8 Å². The zero-order chi connectivity index (χ0) is 13.8. The molecule has 2 rings (SSSR count). The van der Waals surface area contributed by atoms with Crippen LogP contribution in [0.25, 0.3) is 0 Å². The fourth-order valence-corrected chi connectivity index (χ4v) is 2.44. The van der Waals surface area contributed by atoms with Gasteiger partial charge < -0.3 is 4.90 Å². The summed E-state index contributed by atoms with van der Waals surface area (Å²) in [4.78, 5) is 25.0. The molecule has 2 amide bonds. The molecule has 1 unspecified atom stereocenters. The summed E-state index contributed by atoms with van der Waals surface area (Å²) >= 11 is 0. The lowest BCUT2D eigenvalue weighted by Gasteiger charge is -2.18. The smallest absolute Gasteiger partial charge is 0.238 e. The maximum Gasteiger partial charge on any atom is 0.238 e. The van der Waals surface area contributed by atoms with Crippen LogP contribution in [0.5, 0.6) is 0 Å². The second-order valence-electron chi connectivity index (χ2n) is 5.10. The fraction of sp³-hybridized carbons (Fsp3) is 0.429. The molecule has 102 valence electrons. The Kier molecular flexibility index (Phi) is 4.16. The van der Waals surface area contributed by atoms with Gasteiger partial charge in [-0.2, -0.15) is 0 Å². The van der Waals surface area contributed by atoms with Gasteiger partial charge in [-0.05, 0) is 17.0 Å². The summed E-state index contributed by atoms with van der Waals surface area (Å²) in [7, 11) is 0. The number of hydrogen-bond acceptors (Lipinski definition) is 3. The minimum absolute atomic E-state index is 0.186. The highest BCUT2D eigenvalue weighted by atomic mass is 16.2. The molecular formula is C14H19N3O2. The van der Waals surface area contributed by atoms with E-state index >= 15 is 0 Å². The molecule has 0 radical (unpaired) electrons. The van der Waals surface area contributed by atoms with Crippen molar-refractivity contribution in [3.63, 3.8) is 0 Å². The highest BCUT2D eigenvalue weighted by Crippen LogP contribution is 2.21. The lowest BCUT2D eigenvalue weighted by Crippen LogP contribution is -2.32. The van der Waals surface area contributed by atoms with E-state index in [2.05, 4.69) is 12.3 Å². The van der Waals surface area contributed by atoms with Crippen LogP contribution >= 0.6 is 0 Å². The lowest BCUT2D eigenvalue weighted by molar-refractivity contribution is -0.128. The fourth-order valence-electron chi connectivity index (χ4n) is 2.44. The van der Waals surface area contributed by atoms with Crippen molar-refractivity contribution < 1.29 is 9.59 Å². The van der Waals surface area contributed by atoms with Crippen molar-refractivity contribution in [1.29, 1.82) is 0 Å². The molecule has 1 atom stereocenters. The van der Waals surface area contributed by atoms with Crippen LogP contribution in [0.2, 0.25) is 0 Å². The average molecular weight is 261 g/mol. The minimum Gasteiger partial charge on any atom is -0.338 e. The molecule has 0 spiro atoms. The lowest BCUT2D eigenvalue weighted by atomic mass is 10.0. The molecular weight excluding hydrogens is 242 g/mol. The van der Waals surface area contributed by atoms with Gasteiger partial charge in [-0.25, -0.2) is 5.84 Å². The van der Waals surface area contributed by atoms with Gasteiger partial charge in [0.1, 0.15) is 0 Å². The number of hydrazine groups is 1. The number of hydrogen-bond donors (Lipinski definition) is 2. The molecule has 1 heterocycles. The predicted octanol–water partition coefficient (Wildman–Crippen LogP) is 0.587. The van der Waals surface area contributed by atoms with Crippen LogP contribution in [0.15, 0.2) is 24.3 Å². The highest BCUT2D eigenvalue weighted by Gasteiger charge is 2.26. The zero-order valence-electron chi connectivity index (χ0n) is 11.1. The Hall–Kier alpha value is -1.88. The van der Waals surface area contributed by atoms with Gasteiger partial charge in [0.25, 0.3) is 0 Å². The second kappa shape index (κ2) is 5.84. The molecule has 1 aromatic rings. The van der Waals surface area contributed by atoms with E-state index in [0.29, 0.717) is 18.9 Å². The topological polar surface area (TPSA) is 75.4 Å². The van der Waals surface area contributed by atoms with Gasteiger partial charge in [-0.1, -0.05) is 31.2 Å². The molecule has 5 nitrogen and oxygen atoms in total. The summed E-state index contributed by atoms with van der Waals surface area (Å²) in [6.07, 6.45) is 0.857. The van der Waals surface area contributed by atoms with Gasteiger partial charge in [0.15, 0.2) is 0 Å².